The molecule has 3 aromatic rings. The van der Waals surface area contributed by atoms with Gasteiger partial charge < -0.3 is 15.0 Å². The van der Waals surface area contributed by atoms with Crippen LogP contribution in [-0.4, -0.2) is 52.6 Å². The van der Waals surface area contributed by atoms with E-state index in [1.165, 1.54) is 16.7 Å². The Labute approximate surface area is 205 Å². The fraction of sp³-hybridized carbons (Fsp3) is 0.444. The number of halogens is 1. The van der Waals surface area contributed by atoms with E-state index in [1.54, 1.807) is 30.3 Å². The van der Waals surface area contributed by atoms with E-state index in [2.05, 4.69) is 36.0 Å². The summed E-state index contributed by atoms with van der Waals surface area (Å²) in [5.41, 5.74) is 0.500. The van der Waals surface area contributed by atoms with E-state index in [0.29, 0.717) is 34.7 Å². The number of ether oxygens (including phenoxy) is 1. The van der Waals surface area contributed by atoms with Crippen LogP contribution in [0.2, 0.25) is 0 Å². The third kappa shape index (κ3) is 6.88. The fourth-order valence-corrected chi connectivity index (χ4v) is 4.01. The Morgan fingerprint density at radius 1 is 1.14 bits per heavy atom. The molecule has 0 aliphatic carbocycles. The zero-order valence-corrected chi connectivity index (χ0v) is 21.2. The summed E-state index contributed by atoms with van der Waals surface area (Å²) in [4.78, 5) is 33.0. The summed E-state index contributed by atoms with van der Waals surface area (Å²) in [5.74, 6) is 0.355. The van der Waals surface area contributed by atoms with Crippen LogP contribution >= 0.6 is 0 Å². The van der Waals surface area contributed by atoms with Gasteiger partial charge in [-0.1, -0.05) is 32.9 Å². The van der Waals surface area contributed by atoms with Gasteiger partial charge in [0.05, 0.1) is 17.5 Å². The van der Waals surface area contributed by atoms with Crippen molar-refractivity contribution in [3.8, 4) is 17.1 Å². The Morgan fingerprint density at radius 2 is 1.89 bits per heavy atom. The van der Waals surface area contributed by atoms with Crippen LogP contribution in [0.3, 0.4) is 0 Å². The number of nitrogens with zero attached hydrogens (tertiary/aromatic N) is 3. The van der Waals surface area contributed by atoms with Crippen molar-refractivity contribution in [1.82, 2.24) is 19.8 Å². The summed E-state index contributed by atoms with van der Waals surface area (Å²) < 4.78 is 21.2. The average molecular weight is 483 g/mol. The lowest BCUT2D eigenvalue weighted by Crippen LogP contribution is -2.37. The van der Waals surface area contributed by atoms with Crippen LogP contribution in [0.4, 0.5) is 4.39 Å². The Hall–Kier alpha value is -3.26. The van der Waals surface area contributed by atoms with Crippen LogP contribution in [-0.2, 0) is 11.3 Å². The minimum Gasteiger partial charge on any atom is -0.493 e. The minimum absolute atomic E-state index is 0.0810. The predicted molar refractivity (Wildman–Crippen MR) is 137 cm³/mol. The highest BCUT2D eigenvalue weighted by atomic mass is 19.1. The topological polar surface area (TPSA) is 76.5 Å². The van der Waals surface area contributed by atoms with Crippen LogP contribution in [0.1, 0.15) is 34.6 Å². The summed E-state index contributed by atoms with van der Waals surface area (Å²) in [6, 6.07) is 10.9. The van der Waals surface area contributed by atoms with Crippen molar-refractivity contribution in [2.24, 2.45) is 5.92 Å². The average Bonchev–Trinajstić information content (AvgIpc) is 2.82. The van der Waals surface area contributed by atoms with Crippen molar-refractivity contribution in [2.75, 3.05) is 26.2 Å². The maximum atomic E-state index is 13.9. The van der Waals surface area contributed by atoms with Crippen LogP contribution in [0.15, 0.2) is 47.3 Å². The summed E-state index contributed by atoms with van der Waals surface area (Å²) in [6.07, 6.45) is 0. The van der Waals surface area contributed by atoms with Crippen molar-refractivity contribution in [3.63, 3.8) is 0 Å². The Morgan fingerprint density at radius 3 is 2.54 bits per heavy atom. The Kier molecular flexibility index (Phi) is 8.98. The van der Waals surface area contributed by atoms with Gasteiger partial charge in [0.2, 0.25) is 5.91 Å². The lowest BCUT2D eigenvalue weighted by Gasteiger charge is -2.22. The highest BCUT2D eigenvalue weighted by molar-refractivity contribution is 5.83. The van der Waals surface area contributed by atoms with Gasteiger partial charge in [0, 0.05) is 24.1 Å². The first kappa shape index (κ1) is 26.3. The lowest BCUT2D eigenvalue weighted by molar-refractivity contribution is -0.122. The highest BCUT2D eigenvalue weighted by Crippen LogP contribution is 2.23. The van der Waals surface area contributed by atoms with Crippen molar-refractivity contribution in [1.29, 1.82) is 0 Å². The van der Waals surface area contributed by atoms with E-state index in [0.717, 1.165) is 19.6 Å². The molecular formula is C27H35FN4O3. The quantitative estimate of drug-likeness (QED) is 0.446. The number of carbonyl (C=O) groups is 1. The molecule has 0 saturated carbocycles. The molecule has 1 aromatic heterocycles. The summed E-state index contributed by atoms with van der Waals surface area (Å²) in [6.45, 7) is 13.3. The molecule has 8 heteroatoms. The number of aromatic nitrogens is 2. The molecule has 0 aliphatic rings. The third-order valence-electron chi connectivity index (χ3n) is 5.76. The Balaban J connectivity index is 1.97. The van der Waals surface area contributed by atoms with Gasteiger partial charge in [-0.3, -0.25) is 14.2 Å². The molecule has 188 valence electrons. The smallest absolute Gasteiger partial charge is 0.262 e. The molecule has 0 radical (unpaired) electrons. The minimum atomic E-state index is -0.447. The van der Waals surface area contributed by atoms with E-state index in [9.17, 15) is 14.0 Å². The van der Waals surface area contributed by atoms with Gasteiger partial charge in [0.25, 0.3) is 5.56 Å². The normalized spacial score (nSPS) is 12.3. The SMILES string of the molecule is CCN(CC)CC(C)COc1ccc2nc(-c3cccc(F)c3)n(CC(=O)NC(C)C)c(=O)c2c1. The maximum Gasteiger partial charge on any atom is 0.262 e. The van der Waals surface area contributed by atoms with Crippen LogP contribution in [0.25, 0.3) is 22.3 Å². The lowest BCUT2D eigenvalue weighted by atomic mass is 10.1. The molecule has 0 spiro atoms. The van der Waals surface area contributed by atoms with Gasteiger partial charge in [-0.2, -0.15) is 0 Å². The molecule has 1 N–H and O–H groups in total. The first-order valence-corrected chi connectivity index (χ1v) is 12.2. The third-order valence-corrected chi connectivity index (χ3v) is 5.76. The number of benzene rings is 2. The monoisotopic (exact) mass is 482 g/mol. The first-order valence-electron chi connectivity index (χ1n) is 12.2. The van der Waals surface area contributed by atoms with Crippen molar-refractivity contribution in [2.45, 2.75) is 47.2 Å². The zero-order chi connectivity index (χ0) is 25.5. The van der Waals surface area contributed by atoms with Crippen molar-refractivity contribution < 1.29 is 13.9 Å². The van der Waals surface area contributed by atoms with Gasteiger partial charge in [-0.25, -0.2) is 9.37 Å². The van der Waals surface area contributed by atoms with E-state index in [1.807, 2.05) is 13.8 Å². The summed E-state index contributed by atoms with van der Waals surface area (Å²) in [5, 5.41) is 3.14. The molecule has 1 atom stereocenters. The molecular weight excluding hydrogens is 447 g/mol. The van der Waals surface area contributed by atoms with Crippen molar-refractivity contribution >= 4 is 16.8 Å². The number of hydrogen-bond acceptors (Lipinski definition) is 5. The first-order chi connectivity index (χ1) is 16.7. The number of amides is 1. The van der Waals surface area contributed by atoms with Crippen LogP contribution in [0.5, 0.6) is 5.75 Å². The van der Waals surface area contributed by atoms with Gasteiger partial charge in [-0.05, 0) is 57.3 Å². The largest absolute Gasteiger partial charge is 0.493 e. The Bertz CT molecular complexity index is 1220. The van der Waals surface area contributed by atoms with E-state index >= 15 is 0 Å². The van der Waals surface area contributed by atoms with Crippen molar-refractivity contribution in [3.05, 3.63) is 58.6 Å². The second-order valence-corrected chi connectivity index (χ2v) is 9.14. The fourth-order valence-electron chi connectivity index (χ4n) is 4.01. The summed E-state index contributed by atoms with van der Waals surface area (Å²) >= 11 is 0. The highest BCUT2D eigenvalue weighted by Gasteiger charge is 2.17. The standard InChI is InChI=1S/C27H35FN4O3/c1-6-31(7-2)15-19(5)17-35-22-11-12-24-23(14-22)27(34)32(16-25(33)29-18(3)4)26(30-24)20-9-8-10-21(28)13-20/h8-14,18-19H,6-7,15-17H2,1-5H3,(H,29,33). The molecule has 1 heterocycles. The molecule has 3 rings (SSSR count). The van der Waals surface area contributed by atoms with Gasteiger partial charge >= 0.3 is 0 Å². The summed E-state index contributed by atoms with van der Waals surface area (Å²) in [7, 11) is 0. The number of carbonyl (C=O) groups excluding carboxylic acids is 1. The van der Waals surface area contributed by atoms with Gasteiger partial charge in [-0.15, -0.1) is 0 Å². The molecule has 35 heavy (non-hydrogen) atoms. The molecule has 1 amide bonds. The molecule has 0 bridgehead atoms. The van der Waals surface area contributed by atoms with E-state index in [4.69, 9.17) is 4.74 Å². The predicted octanol–water partition coefficient (Wildman–Crippen LogP) is 4.08. The molecule has 7 nitrogen and oxygen atoms in total. The zero-order valence-electron chi connectivity index (χ0n) is 21.2. The molecule has 0 saturated heterocycles. The van der Waals surface area contributed by atoms with Crippen LogP contribution in [0, 0.1) is 11.7 Å². The number of rotatable bonds is 11. The van der Waals surface area contributed by atoms with Crippen LogP contribution < -0.4 is 15.6 Å². The van der Waals surface area contributed by atoms with E-state index in [-0.39, 0.29) is 29.9 Å². The van der Waals surface area contributed by atoms with Gasteiger partial charge in [0.15, 0.2) is 0 Å². The molecule has 0 fully saturated rings. The van der Waals surface area contributed by atoms with Gasteiger partial charge in [0.1, 0.15) is 23.9 Å². The number of fused-ring (bicyclic) bond motifs is 1. The van der Waals surface area contributed by atoms with E-state index < -0.39 is 5.82 Å². The number of hydrogen-bond donors (Lipinski definition) is 1. The molecule has 0 aliphatic heterocycles. The maximum absolute atomic E-state index is 13.9. The number of nitrogens with one attached hydrogen (secondary N) is 1. The molecule has 2 aromatic carbocycles. The molecule has 1 unspecified atom stereocenters. The second kappa shape index (κ2) is 11.9. The second-order valence-electron chi connectivity index (χ2n) is 9.14.